The molecule has 0 fully saturated rings. The van der Waals surface area contributed by atoms with Gasteiger partial charge in [0.15, 0.2) is 0 Å². The maximum absolute atomic E-state index is 13.2. The smallest absolute Gasteiger partial charge is 0.130 e. The number of halogens is 2. The molecule has 0 unspecified atom stereocenters. The van der Waals surface area contributed by atoms with Gasteiger partial charge in [0.05, 0.1) is 11.4 Å². The second-order valence-corrected chi connectivity index (χ2v) is 5.58. The van der Waals surface area contributed by atoms with Gasteiger partial charge in [0.2, 0.25) is 0 Å². The minimum absolute atomic E-state index is 0.293. The van der Waals surface area contributed by atoms with Crippen LogP contribution in [0.3, 0.4) is 0 Å². The summed E-state index contributed by atoms with van der Waals surface area (Å²) in [5.74, 6) is 0.283. The topological polar surface area (TPSA) is 43.8 Å². The van der Waals surface area contributed by atoms with Crippen molar-refractivity contribution in [2.75, 3.05) is 5.73 Å². The molecule has 106 valence electrons. The van der Waals surface area contributed by atoms with Gasteiger partial charge in [-0.1, -0.05) is 18.2 Å². The quantitative estimate of drug-likeness (QED) is 0.751. The standard InChI is InChI=1S/C16H13BrFN3/c1-10-15(13-8-7-11(18)9-14(13)17)20-21(16(10)19)12-5-3-2-4-6-12/h2-9H,19H2,1H3. The normalized spacial score (nSPS) is 10.8. The van der Waals surface area contributed by atoms with Crippen LogP contribution in [0.15, 0.2) is 53.0 Å². The Morgan fingerprint density at radius 2 is 1.86 bits per heavy atom. The predicted molar refractivity (Wildman–Crippen MR) is 85.8 cm³/mol. The summed E-state index contributed by atoms with van der Waals surface area (Å²) in [4.78, 5) is 0. The van der Waals surface area contributed by atoms with Gasteiger partial charge in [0, 0.05) is 15.6 Å². The number of benzene rings is 2. The minimum Gasteiger partial charge on any atom is -0.383 e. The molecular formula is C16H13BrFN3. The Morgan fingerprint density at radius 1 is 1.14 bits per heavy atom. The van der Waals surface area contributed by atoms with Crippen LogP contribution in [-0.4, -0.2) is 9.78 Å². The molecule has 5 heteroatoms. The molecule has 3 nitrogen and oxygen atoms in total. The van der Waals surface area contributed by atoms with E-state index in [2.05, 4.69) is 21.0 Å². The number of hydrogen-bond acceptors (Lipinski definition) is 2. The Balaban J connectivity index is 2.17. The number of nitrogens with zero attached hydrogens (tertiary/aromatic N) is 2. The number of nitrogens with two attached hydrogens (primary N) is 1. The van der Waals surface area contributed by atoms with Gasteiger partial charge in [0.25, 0.3) is 0 Å². The minimum atomic E-state index is -0.293. The maximum atomic E-state index is 13.2. The molecule has 2 N–H and O–H groups in total. The van der Waals surface area contributed by atoms with E-state index in [0.29, 0.717) is 10.3 Å². The molecule has 0 aliphatic heterocycles. The van der Waals surface area contributed by atoms with Crippen LogP contribution in [-0.2, 0) is 0 Å². The van der Waals surface area contributed by atoms with Gasteiger partial charge in [-0.25, -0.2) is 9.07 Å². The number of para-hydroxylation sites is 1. The fourth-order valence-electron chi connectivity index (χ4n) is 2.21. The first-order chi connectivity index (χ1) is 10.1. The summed E-state index contributed by atoms with van der Waals surface area (Å²) in [7, 11) is 0. The van der Waals surface area contributed by atoms with Gasteiger partial charge in [-0.3, -0.25) is 0 Å². The van der Waals surface area contributed by atoms with Gasteiger partial charge in [-0.05, 0) is 53.2 Å². The van der Waals surface area contributed by atoms with E-state index in [9.17, 15) is 4.39 Å². The van der Waals surface area contributed by atoms with Gasteiger partial charge >= 0.3 is 0 Å². The second-order valence-electron chi connectivity index (χ2n) is 4.73. The fraction of sp³-hybridized carbons (Fsp3) is 0.0625. The molecule has 0 aliphatic rings. The molecule has 0 saturated heterocycles. The van der Waals surface area contributed by atoms with E-state index in [-0.39, 0.29) is 5.82 Å². The van der Waals surface area contributed by atoms with Crippen LogP contribution >= 0.6 is 15.9 Å². The lowest BCUT2D eigenvalue weighted by Gasteiger charge is -2.03. The third kappa shape index (κ3) is 2.45. The molecule has 3 aromatic rings. The summed E-state index contributed by atoms with van der Waals surface area (Å²) in [6.07, 6.45) is 0. The van der Waals surface area contributed by atoms with Gasteiger partial charge in [0.1, 0.15) is 11.6 Å². The first kappa shape index (κ1) is 13.8. The zero-order valence-corrected chi connectivity index (χ0v) is 12.9. The highest BCUT2D eigenvalue weighted by Gasteiger charge is 2.16. The van der Waals surface area contributed by atoms with E-state index in [1.807, 2.05) is 37.3 Å². The summed E-state index contributed by atoms with van der Waals surface area (Å²) in [5, 5.41) is 4.58. The van der Waals surface area contributed by atoms with Crippen molar-refractivity contribution in [2.24, 2.45) is 0 Å². The predicted octanol–water partition coefficient (Wildman–Crippen LogP) is 4.33. The van der Waals surface area contributed by atoms with Crippen LogP contribution < -0.4 is 5.73 Å². The molecule has 0 saturated carbocycles. The summed E-state index contributed by atoms with van der Waals surface area (Å²) in [5.41, 5.74) is 9.48. The van der Waals surface area contributed by atoms with Crippen molar-refractivity contribution in [2.45, 2.75) is 6.92 Å². The van der Waals surface area contributed by atoms with Crippen molar-refractivity contribution in [3.8, 4) is 16.9 Å². The Morgan fingerprint density at radius 3 is 2.52 bits per heavy atom. The van der Waals surface area contributed by atoms with Crippen molar-refractivity contribution in [1.29, 1.82) is 0 Å². The van der Waals surface area contributed by atoms with E-state index < -0.39 is 0 Å². The zero-order chi connectivity index (χ0) is 15.0. The van der Waals surface area contributed by atoms with E-state index in [0.717, 1.165) is 22.5 Å². The summed E-state index contributed by atoms with van der Waals surface area (Å²) >= 11 is 3.38. The first-order valence-electron chi connectivity index (χ1n) is 6.44. The lowest BCUT2D eigenvalue weighted by Crippen LogP contribution is -2.01. The molecule has 0 radical (unpaired) electrons. The van der Waals surface area contributed by atoms with Crippen LogP contribution in [0.5, 0.6) is 0 Å². The van der Waals surface area contributed by atoms with E-state index in [1.54, 1.807) is 10.7 Å². The molecule has 0 aliphatic carbocycles. The Hall–Kier alpha value is -2.14. The van der Waals surface area contributed by atoms with E-state index in [4.69, 9.17) is 5.73 Å². The zero-order valence-electron chi connectivity index (χ0n) is 11.3. The van der Waals surface area contributed by atoms with Crippen LogP contribution in [0.4, 0.5) is 10.2 Å². The summed E-state index contributed by atoms with van der Waals surface area (Å²) in [6.45, 7) is 1.91. The Labute approximate surface area is 130 Å². The third-order valence-electron chi connectivity index (χ3n) is 3.35. The molecule has 0 amide bonds. The SMILES string of the molecule is Cc1c(-c2ccc(F)cc2Br)nn(-c2ccccc2)c1N. The third-order valence-corrected chi connectivity index (χ3v) is 4.01. The van der Waals surface area contributed by atoms with Crippen LogP contribution in [0, 0.1) is 12.7 Å². The molecule has 0 bridgehead atoms. The number of aromatic nitrogens is 2. The highest BCUT2D eigenvalue weighted by molar-refractivity contribution is 9.10. The highest BCUT2D eigenvalue weighted by atomic mass is 79.9. The number of rotatable bonds is 2. The van der Waals surface area contributed by atoms with Crippen LogP contribution in [0.1, 0.15) is 5.56 Å². The van der Waals surface area contributed by atoms with Gasteiger partial charge in [-0.15, -0.1) is 0 Å². The molecule has 0 spiro atoms. The summed E-state index contributed by atoms with van der Waals surface area (Å²) in [6, 6.07) is 14.2. The Kier molecular flexibility index (Phi) is 3.51. The Bertz CT molecular complexity index is 797. The first-order valence-corrected chi connectivity index (χ1v) is 7.23. The average molecular weight is 346 g/mol. The van der Waals surface area contributed by atoms with Gasteiger partial charge < -0.3 is 5.73 Å². The molecular weight excluding hydrogens is 333 g/mol. The molecule has 1 heterocycles. The van der Waals surface area contributed by atoms with E-state index in [1.165, 1.54) is 12.1 Å². The number of anilines is 1. The van der Waals surface area contributed by atoms with Crippen LogP contribution in [0.25, 0.3) is 16.9 Å². The van der Waals surface area contributed by atoms with Crippen molar-refractivity contribution >= 4 is 21.7 Å². The summed E-state index contributed by atoms with van der Waals surface area (Å²) < 4.78 is 15.6. The van der Waals surface area contributed by atoms with Gasteiger partial charge in [-0.2, -0.15) is 5.10 Å². The molecule has 2 aromatic carbocycles. The van der Waals surface area contributed by atoms with Crippen molar-refractivity contribution in [1.82, 2.24) is 9.78 Å². The average Bonchev–Trinajstić information content (AvgIpc) is 2.77. The van der Waals surface area contributed by atoms with Crippen molar-refractivity contribution < 1.29 is 4.39 Å². The van der Waals surface area contributed by atoms with E-state index >= 15 is 0 Å². The number of nitrogen functional groups attached to an aromatic ring is 1. The molecule has 21 heavy (non-hydrogen) atoms. The lowest BCUT2D eigenvalue weighted by molar-refractivity contribution is 0.627. The monoisotopic (exact) mass is 345 g/mol. The molecule has 0 atom stereocenters. The highest BCUT2D eigenvalue weighted by Crippen LogP contribution is 2.33. The fourth-order valence-corrected chi connectivity index (χ4v) is 2.75. The van der Waals surface area contributed by atoms with Crippen LogP contribution in [0.2, 0.25) is 0 Å². The van der Waals surface area contributed by atoms with Crippen molar-refractivity contribution in [3.05, 3.63) is 64.4 Å². The molecule has 3 rings (SSSR count). The maximum Gasteiger partial charge on any atom is 0.130 e. The molecule has 1 aromatic heterocycles. The number of hydrogen-bond donors (Lipinski definition) is 1. The second kappa shape index (κ2) is 5.33. The van der Waals surface area contributed by atoms with Crippen molar-refractivity contribution in [3.63, 3.8) is 0 Å². The lowest BCUT2D eigenvalue weighted by atomic mass is 10.1. The largest absolute Gasteiger partial charge is 0.383 e.